The summed E-state index contributed by atoms with van der Waals surface area (Å²) in [4.78, 5) is 20.8. The van der Waals surface area contributed by atoms with E-state index in [0.29, 0.717) is 6.54 Å². The maximum atomic E-state index is 13.0. The van der Waals surface area contributed by atoms with Crippen LogP contribution in [0.2, 0.25) is 18.1 Å². The van der Waals surface area contributed by atoms with Crippen LogP contribution in [0.15, 0.2) is 30.3 Å². The van der Waals surface area contributed by atoms with Crippen LogP contribution in [0.25, 0.3) is 0 Å². The predicted octanol–water partition coefficient (Wildman–Crippen LogP) is 4.42. The normalized spacial score (nSPS) is 26.1. The van der Waals surface area contributed by atoms with Gasteiger partial charge in [0.2, 0.25) is 0 Å². The van der Waals surface area contributed by atoms with Crippen molar-refractivity contribution < 1.29 is 18.8 Å². The van der Waals surface area contributed by atoms with Gasteiger partial charge in [-0.25, -0.2) is 4.79 Å². The Bertz CT molecular complexity index is 692. The fourth-order valence-corrected chi connectivity index (χ4v) is 5.14. The highest BCUT2D eigenvalue weighted by molar-refractivity contribution is 6.74. The molecule has 2 heterocycles. The molecule has 0 aliphatic carbocycles. The zero-order chi connectivity index (χ0) is 21.2. The lowest BCUT2D eigenvalue weighted by Crippen LogP contribution is -2.45. The van der Waals surface area contributed by atoms with E-state index in [4.69, 9.17) is 14.0 Å². The van der Waals surface area contributed by atoms with Crippen LogP contribution in [0, 0.1) is 0 Å². The number of ether oxygens (including phenoxy) is 1. The number of benzene rings is 1. The molecular formula is C22H36N2O4Si. The molecule has 0 unspecified atom stereocenters. The Labute approximate surface area is 176 Å². The largest absolute Gasteiger partial charge is 0.445 e. The molecule has 3 atom stereocenters. The molecular weight excluding hydrogens is 384 g/mol. The maximum absolute atomic E-state index is 13.0. The molecule has 29 heavy (non-hydrogen) atoms. The topological polar surface area (TPSA) is 51.2 Å². The SMILES string of the molecule is CN1CC[C@H]([C@@H]2C[C@@H](O[Si](C)(C)C(C)(C)C)CN2C(=O)OCc2ccccc2)O1. The highest BCUT2D eigenvalue weighted by atomic mass is 28.4. The van der Waals surface area contributed by atoms with Gasteiger partial charge in [-0.15, -0.1) is 0 Å². The highest BCUT2D eigenvalue weighted by Crippen LogP contribution is 2.39. The molecule has 0 saturated carbocycles. The van der Waals surface area contributed by atoms with E-state index in [2.05, 4.69) is 33.9 Å². The fraction of sp³-hybridized carbons (Fsp3) is 0.682. The molecule has 0 spiro atoms. The van der Waals surface area contributed by atoms with E-state index in [9.17, 15) is 4.79 Å². The highest BCUT2D eigenvalue weighted by Gasteiger charge is 2.47. The number of carbonyl (C=O) groups excluding carboxylic acids is 1. The van der Waals surface area contributed by atoms with Crippen LogP contribution in [0.1, 0.15) is 39.2 Å². The lowest BCUT2D eigenvalue weighted by molar-refractivity contribution is -0.142. The van der Waals surface area contributed by atoms with Crippen molar-refractivity contribution in [2.24, 2.45) is 0 Å². The molecule has 1 aromatic rings. The van der Waals surface area contributed by atoms with Crippen LogP contribution >= 0.6 is 0 Å². The second-order valence-electron chi connectivity index (χ2n) is 9.78. The molecule has 2 aliphatic rings. The standard InChI is InChI=1S/C22H36N2O4Si/c1-22(2,3)29(5,6)28-18-14-19(20-12-13-23(4)27-20)24(15-18)21(25)26-16-17-10-8-7-9-11-17/h7-11,18-20H,12-16H2,1-6H3/t18-,19+,20-/m1/s1. The number of likely N-dealkylation sites (tertiary alicyclic amines) is 1. The number of nitrogens with zero attached hydrogens (tertiary/aromatic N) is 2. The smallest absolute Gasteiger partial charge is 0.410 e. The van der Waals surface area contributed by atoms with E-state index in [-0.39, 0.29) is 36.0 Å². The van der Waals surface area contributed by atoms with E-state index in [1.165, 1.54) is 0 Å². The number of rotatable bonds is 5. The third-order valence-electron chi connectivity index (χ3n) is 6.49. The minimum absolute atomic E-state index is 0.00251. The number of amides is 1. The van der Waals surface area contributed by atoms with Crippen molar-refractivity contribution in [3.05, 3.63) is 35.9 Å². The first-order valence-corrected chi connectivity index (χ1v) is 13.5. The molecule has 0 aromatic heterocycles. The van der Waals surface area contributed by atoms with E-state index < -0.39 is 8.32 Å². The van der Waals surface area contributed by atoms with Crippen LogP contribution in [0.5, 0.6) is 0 Å². The van der Waals surface area contributed by atoms with Crippen LogP contribution in [0.4, 0.5) is 4.79 Å². The third-order valence-corrected chi connectivity index (χ3v) is 11.0. The zero-order valence-electron chi connectivity index (χ0n) is 18.7. The van der Waals surface area contributed by atoms with Crippen LogP contribution < -0.4 is 0 Å². The van der Waals surface area contributed by atoms with E-state index in [0.717, 1.165) is 24.9 Å². The van der Waals surface area contributed by atoms with Gasteiger partial charge in [0.05, 0.1) is 12.1 Å². The van der Waals surface area contributed by atoms with Gasteiger partial charge in [0.25, 0.3) is 0 Å². The van der Waals surface area contributed by atoms with Crippen molar-refractivity contribution >= 4 is 14.4 Å². The van der Waals surface area contributed by atoms with Crippen molar-refractivity contribution in [3.63, 3.8) is 0 Å². The average Bonchev–Trinajstić information content (AvgIpc) is 3.25. The molecule has 1 amide bonds. The van der Waals surface area contributed by atoms with Crippen molar-refractivity contribution in [1.29, 1.82) is 0 Å². The average molecular weight is 421 g/mol. The van der Waals surface area contributed by atoms with Crippen molar-refractivity contribution in [1.82, 2.24) is 9.96 Å². The Kier molecular flexibility index (Phi) is 6.73. The summed E-state index contributed by atoms with van der Waals surface area (Å²) in [6.45, 7) is 13.0. The maximum Gasteiger partial charge on any atom is 0.410 e. The summed E-state index contributed by atoms with van der Waals surface area (Å²) in [5.41, 5.74) is 0.988. The summed E-state index contributed by atoms with van der Waals surface area (Å²) in [7, 11) is 0.0230. The summed E-state index contributed by atoms with van der Waals surface area (Å²) in [6, 6.07) is 9.78. The van der Waals surface area contributed by atoms with E-state index >= 15 is 0 Å². The number of hydrogen-bond acceptors (Lipinski definition) is 5. The second kappa shape index (κ2) is 8.76. The number of carbonyl (C=O) groups is 1. The number of hydrogen-bond donors (Lipinski definition) is 0. The molecule has 0 bridgehead atoms. The molecule has 1 aromatic carbocycles. The predicted molar refractivity (Wildman–Crippen MR) is 116 cm³/mol. The lowest BCUT2D eigenvalue weighted by Gasteiger charge is -2.38. The Balaban J connectivity index is 1.69. The Morgan fingerprint density at radius 1 is 1.24 bits per heavy atom. The molecule has 3 rings (SSSR count). The first-order valence-electron chi connectivity index (χ1n) is 10.6. The van der Waals surface area contributed by atoms with Crippen LogP contribution in [0.3, 0.4) is 0 Å². The molecule has 0 N–H and O–H groups in total. The first kappa shape index (κ1) is 22.3. The summed E-state index contributed by atoms with van der Waals surface area (Å²) >= 11 is 0. The van der Waals surface area contributed by atoms with Gasteiger partial charge in [-0.2, -0.15) is 5.06 Å². The minimum atomic E-state index is -1.92. The Morgan fingerprint density at radius 3 is 2.52 bits per heavy atom. The fourth-order valence-electron chi connectivity index (χ4n) is 3.78. The van der Waals surface area contributed by atoms with Crippen LogP contribution in [-0.4, -0.2) is 62.8 Å². The van der Waals surface area contributed by atoms with Gasteiger partial charge in [0.15, 0.2) is 8.32 Å². The lowest BCUT2D eigenvalue weighted by atomic mass is 10.1. The summed E-state index contributed by atoms with van der Waals surface area (Å²) < 4.78 is 12.3. The summed E-state index contributed by atoms with van der Waals surface area (Å²) in [6.07, 6.45) is 1.46. The molecule has 0 radical (unpaired) electrons. The van der Waals surface area contributed by atoms with Gasteiger partial charge < -0.3 is 9.16 Å². The summed E-state index contributed by atoms with van der Waals surface area (Å²) in [5, 5.41) is 1.99. The van der Waals surface area contributed by atoms with Gasteiger partial charge in [-0.05, 0) is 36.5 Å². The van der Waals surface area contributed by atoms with Crippen molar-refractivity contribution in [2.75, 3.05) is 20.1 Å². The molecule has 7 heteroatoms. The first-order chi connectivity index (χ1) is 13.6. The van der Waals surface area contributed by atoms with E-state index in [1.54, 1.807) is 0 Å². The van der Waals surface area contributed by atoms with Gasteiger partial charge in [-0.1, -0.05) is 51.1 Å². The van der Waals surface area contributed by atoms with Gasteiger partial charge in [0, 0.05) is 20.1 Å². The molecule has 6 nitrogen and oxygen atoms in total. The third kappa shape index (κ3) is 5.39. The number of hydroxylamine groups is 2. The van der Waals surface area contributed by atoms with Gasteiger partial charge in [0.1, 0.15) is 12.7 Å². The molecule has 162 valence electrons. The minimum Gasteiger partial charge on any atom is -0.445 e. The Morgan fingerprint density at radius 2 is 1.93 bits per heavy atom. The van der Waals surface area contributed by atoms with Crippen molar-refractivity contribution in [3.8, 4) is 0 Å². The Hall–Kier alpha value is -1.41. The molecule has 2 saturated heterocycles. The van der Waals surface area contributed by atoms with E-state index in [1.807, 2.05) is 47.3 Å². The van der Waals surface area contributed by atoms with Crippen molar-refractivity contribution in [2.45, 2.75) is 76.6 Å². The quantitative estimate of drug-likeness (QED) is 0.660. The van der Waals surface area contributed by atoms with Gasteiger partial charge in [-0.3, -0.25) is 9.74 Å². The molecule has 2 fully saturated rings. The van der Waals surface area contributed by atoms with Gasteiger partial charge >= 0.3 is 6.09 Å². The second-order valence-corrected chi connectivity index (χ2v) is 14.5. The van der Waals surface area contributed by atoms with Crippen LogP contribution in [-0.2, 0) is 20.6 Å². The zero-order valence-corrected chi connectivity index (χ0v) is 19.7. The molecule has 2 aliphatic heterocycles. The summed E-state index contributed by atoms with van der Waals surface area (Å²) in [5.74, 6) is 0. The monoisotopic (exact) mass is 420 g/mol.